The van der Waals surface area contributed by atoms with Crippen LogP contribution in [0.4, 0.5) is 11.4 Å². The van der Waals surface area contributed by atoms with Gasteiger partial charge in [-0.3, -0.25) is 19.7 Å². The molecule has 174 valence electrons. The van der Waals surface area contributed by atoms with E-state index in [1.807, 2.05) is 0 Å². The summed E-state index contributed by atoms with van der Waals surface area (Å²) in [4.78, 5) is 34.3. The topological polar surface area (TPSA) is 132 Å². The van der Waals surface area contributed by atoms with Crippen LogP contribution in [0.3, 0.4) is 0 Å². The van der Waals surface area contributed by atoms with Crippen molar-refractivity contribution < 1.29 is 24.0 Å². The number of carbonyl (C=O) groups excluding carboxylic acids is 2. The van der Waals surface area contributed by atoms with Crippen molar-refractivity contribution in [1.29, 1.82) is 0 Å². The van der Waals surface area contributed by atoms with E-state index in [-0.39, 0.29) is 23.8 Å². The lowest BCUT2D eigenvalue weighted by molar-refractivity contribution is -0.384. The molecule has 10 nitrogen and oxygen atoms in total. The van der Waals surface area contributed by atoms with Crippen LogP contribution in [-0.2, 0) is 4.79 Å². The molecule has 11 heteroatoms. The largest absolute Gasteiger partial charge is 0.497 e. The van der Waals surface area contributed by atoms with E-state index in [4.69, 9.17) is 9.47 Å². The van der Waals surface area contributed by atoms with Crippen LogP contribution in [0.5, 0.6) is 11.5 Å². The lowest BCUT2D eigenvalue weighted by atomic mass is 10.2. The normalized spacial score (nSPS) is 10.5. The highest BCUT2D eigenvalue weighted by atomic mass is 79.9. The summed E-state index contributed by atoms with van der Waals surface area (Å²) in [5.74, 6) is 0.314. The van der Waals surface area contributed by atoms with Gasteiger partial charge < -0.3 is 14.8 Å². The Morgan fingerprint density at radius 3 is 2.41 bits per heavy atom. The van der Waals surface area contributed by atoms with Crippen LogP contribution < -0.4 is 20.2 Å². The van der Waals surface area contributed by atoms with Crippen molar-refractivity contribution in [2.24, 2.45) is 5.10 Å². The van der Waals surface area contributed by atoms with Crippen LogP contribution in [-0.4, -0.2) is 36.7 Å². The van der Waals surface area contributed by atoms with Gasteiger partial charge in [-0.1, -0.05) is 0 Å². The summed E-state index contributed by atoms with van der Waals surface area (Å²) >= 11 is 3.38. The SMILES string of the molecule is COc1ccc(NC(=O)COc2ccc(/C=N/NC(=O)c3ccc([N+](=O)[O-])cc3)cc2Br)cc1. The Kier molecular flexibility index (Phi) is 8.30. The number of nitrogens with zero attached hydrogens (tertiary/aromatic N) is 2. The van der Waals surface area contributed by atoms with E-state index in [0.29, 0.717) is 27.2 Å². The Morgan fingerprint density at radius 1 is 1.09 bits per heavy atom. The highest BCUT2D eigenvalue weighted by Gasteiger charge is 2.09. The molecule has 0 atom stereocenters. The van der Waals surface area contributed by atoms with Crippen molar-refractivity contribution in [3.05, 3.63) is 92.4 Å². The first kappa shape index (κ1) is 24.4. The van der Waals surface area contributed by atoms with Crippen LogP contribution in [0.15, 0.2) is 76.3 Å². The molecule has 2 amide bonds. The number of carbonyl (C=O) groups is 2. The monoisotopic (exact) mass is 526 g/mol. The number of hydrogen-bond donors (Lipinski definition) is 2. The Hall–Kier alpha value is -4.25. The van der Waals surface area contributed by atoms with Crippen molar-refractivity contribution in [1.82, 2.24) is 5.43 Å². The number of anilines is 1. The number of rotatable bonds is 9. The molecular formula is C23H19BrN4O6. The molecule has 0 unspecified atom stereocenters. The van der Waals surface area contributed by atoms with Gasteiger partial charge in [-0.05, 0) is 76.1 Å². The molecule has 0 radical (unpaired) electrons. The van der Waals surface area contributed by atoms with E-state index in [2.05, 4.69) is 31.8 Å². The molecule has 3 aromatic carbocycles. The number of benzene rings is 3. The van der Waals surface area contributed by atoms with Gasteiger partial charge in [0, 0.05) is 23.4 Å². The van der Waals surface area contributed by atoms with E-state index in [9.17, 15) is 19.7 Å². The van der Waals surface area contributed by atoms with Crippen molar-refractivity contribution in [3.63, 3.8) is 0 Å². The van der Waals surface area contributed by atoms with E-state index in [1.54, 1.807) is 49.6 Å². The average molecular weight is 527 g/mol. The fraction of sp³-hybridized carbons (Fsp3) is 0.0870. The van der Waals surface area contributed by atoms with E-state index in [1.165, 1.54) is 30.5 Å². The van der Waals surface area contributed by atoms with Crippen molar-refractivity contribution >= 4 is 45.3 Å². The molecule has 2 N–H and O–H groups in total. The zero-order chi connectivity index (χ0) is 24.5. The quantitative estimate of drug-likeness (QED) is 0.244. The minimum Gasteiger partial charge on any atom is -0.497 e. The molecule has 3 rings (SSSR count). The van der Waals surface area contributed by atoms with Crippen molar-refractivity contribution in [2.75, 3.05) is 19.0 Å². The number of halogens is 1. The van der Waals surface area contributed by atoms with Gasteiger partial charge >= 0.3 is 0 Å². The summed E-state index contributed by atoms with van der Waals surface area (Å²) < 4.78 is 11.2. The summed E-state index contributed by atoms with van der Waals surface area (Å²) in [5.41, 5.74) is 3.76. The maximum absolute atomic E-state index is 12.1. The molecule has 0 heterocycles. The Morgan fingerprint density at radius 2 is 1.79 bits per heavy atom. The summed E-state index contributed by atoms with van der Waals surface area (Å²) in [6.07, 6.45) is 1.42. The molecule has 0 bridgehead atoms. The molecule has 34 heavy (non-hydrogen) atoms. The van der Waals surface area contributed by atoms with Gasteiger partial charge in [0.1, 0.15) is 11.5 Å². The maximum Gasteiger partial charge on any atom is 0.271 e. The number of nitrogens with one attached hydrogen (secondary N) is 2. The zero-order valence-electron chi connectivity index (χ0n) is 17.9. The standard InChI is InChI=1S/C23H19BrN4O6/c1-33-19-9-5-17(6-10-19)26-22(29)14-34-21-11-2-15(12-20(21)24)13-25-27-23(30)16-3-7-18(8-4-16)28(31)32/h2-13H,14H2,1H3,(H,26,29)(H,27,30)/b25-13+. The van der Waals surface area contributed by atoms with Gasteiger partial charge in [0.05, 0.1) is 22.7 Å². The minimum atomic E-state index is -0.543. The number of hydrazone groups is 1. The lowest BCUT2D eigenvalue weighted by Crippen LogP contribution is -2.20. The van der Waals surface area contributed by atoms with Gasteiger partial charge in [0.2, 0.25) is 0 Å². The smallest absolute Gasteiger partial charge is 0.271 e. The number of ether oxygens (including phenoxy) is 2. The zero-order valence-corrected chi connectivity index (χ0v) is 19.4. The number of hydrogen-bond acceptors (Lipinski definition) is 7. The molecule has 0 aliphatic carbocycles. The molecule has 0 fully saturated rings. The molecule has 3 aromatic rings. The first-order valence-electron chi connectivity index (χ1n) is 9.80. The summed E-state index contributed by atoms with van der Waals surface area (Å²) in [6, 6.07) is 17.2. The summed E-state index contributed by atoms with van der Waals surface area (Å²) in [5, 5.41) is 17.3. The minimum absolute atomic E-state index is 0.106. The first-order valence-corrected chi connectivity index (χ1v) is 10.6. The van der Waals surface area contributed by atoms with E-state index >= 15 is 0 Å². The summed E-state index contributed by atoms with van der Waals surface area (Å²) in [6.45, 7) is -0.191. The van der Waals surface area contributed by atoms with Gasteiger partial charge in [0.25, 0.3) is 17.5 Å². The van der Waals surface area contributed by atoms with Crippen LogP contribution in [0.2, 0.25) is 0 Å². The van der Waals surface area contributed by atoms with Crippen molar-refractivity contribution in [2.45, 2.75) is 0 Å². The van der Waals surface area contributed by atoms with Crippen LogP contribution in [0.1, 0.15) is 15.9 Å². The molecule has 0 aromatic heterocycles. The molecular weight excluding hydrogens is 508 g/mol. The van der Waals surface area contributed by atoms with Crippen molar-refractivity contribution in [3.8, 4) is 11.5 Å². The van der Waals surface area contributed by atoms with E-state index in [0.717, 1.165) is 0 Å². The fourth-order valence-corrected chi connectivity index (χ4v) is 3.20. The van der Waals surface area contributed by atoms with Crippen LogP contribution >= 0.6 is 15.9 Å². The molecule has 0 aliphatic heterocycles. The third-order valence-corrected chi connectivity index (χ3v) is 5.03. The number of amides is 2. The Labute approximate surface area is 202 Å². The average Bonchev–Trinajstić information content (AvgIpc) is 2.84. The second-order valence-electron chi connectivity index (χ2n) is 6.76. The van der Waals surface area contributed by atoms with Crippen LogP contribution in [0.25, 0.3) is 0 Å². The number of non-ortho nitro benzene ring substituents is 1. The van der Waals surface area contributed by atoms with Gasteiger partial charge in [-0.15, -0.1) is 0 Å². The van der Waals surface area contributed by atoms with Gasteiger partial charge in [-0.25, -0.2) is 5.43 Å². The summed E-state index contributed by atoms with van der Waals surface area (Å²) in [7, 11) is 1.56. The molecule has 0 spiro atoms. The second kappa shape index (κ2) is 11.6. The van der Waals surface area contributed by atoms with E-state index < -0.39 is 10.8 Å². The number of nitro groups is 1. The predicted octanol–water partition coefficient (Wildman–Crippen LogP) is 4.15. The molecule has 0 aliphatic rings. The highest BCUT2D eigenvalue weighted by molar-refractivity contribution is 9.10. The predicted molar refractivity (Wildman–Crippen MR) is 129 cm³/mol. The number of methoxy groups -OCH3 is 1. The Balaban J connectivity index is 1.50. The first-order chi connectivity index (χ1) is 16.4. The Bertz CT molecular complexity index is 1210. The molecule has 0 saturated carbocycles. The maximum atomic E-state index is 12.1. The van der Waals surface area contributed by atoms with Gasteiger partial charge in [-0.2, -0.15) is 5.10 Å². The third-order valence-electron chi connectivity index (χ3n) is 4.41. The second-order valence-corrected chi connectivity index (χ2v) is 7.61. The van der Waals surface area contributed by atoms with Gasteiger partial charge in [0.15, 0.2) is 6.61 Å². The fourth-order valence-electron chi connectivity index (χ4n) is 2.69. The number of nitro benzene ring substituents is 1. The highest BCUT2D eigenvalue weighted by Crippen LogP contribution is 2.25. The molecule has 0 saturated heterocycles. The van der Waals surface area contributed by atoms with Crippen LogP contribution in [0, 0.1) is 10.1 Å². The lowest BCUT2D eigenvalue weighted by Gasteiger charge is -2.10. The third kappa shape index (κ3) is 6.87.